The molecule has 0 aliphatic rings. The molecular formula is C9H8N2O3. The van der Waals surface area contributed by atoms with Gasteiger partial charge in [-0.3, -0.25) is 9.59 Å². The molecule has 0 aliphatic heterocycles. The van der Waals surface area contributed by atoms with Gasteiger partial charge in [0.1, 0.15) is 11.8 Å². The van der Waals surface area contributed by atoms with Gasteiger partial charge in [-0.1, -0.05) is 6.07 Å². The van der Waals surface area contributed by atoms with Gasteiger partial charge >= 0.3 is 5.97 Å². The molecule has 0 aliphatic carbocycles. The van der Waals surface area contributed by atoms with E-state index in [1.807, 2.05) is 0 Å². The van der Waals surface area contributed by atoms with Gasteiger partial charge in [0.25, 0.3) is 5.56 Å². The molecule has 0 amide bonds. The molecule has 0 saturated carbocycles. The largest absolute Gasteiger partial charge is 0.469 e. The minimum Gasteiger partial charge on any atom is -0.469 e. The summed E-state index contributed by atoms with van der Waals surface area (Å²) in [5.41, 5.74) is 0.0221. The molecule has 5 heteroatoms. The summed E-state index contributed by atoms with van der Waals surface area (Å²) >= 11 is 0. The van der Waals surface area contributed by atoms with Gasteiger partial charge in [-0.25, -0.2) is 0 Å². The van der Waals surface area contributed by atoms with Crippen LogP contribution in [0, 0.1) is 11.3 Å². The first-order chi connectivity index (χ1) is 6.67. The van der Waals surface area contributed by atoms with E-state index in [1.54, 1.807) is 6.07 Å². The fourth-order valence-electron chi connectivity index (χ4n) is 0.936. The third-order valence-corrected chi connectivity index (χ3v) is 1.67. The molecule has 0 unspecified atom stereocenters. The molecule has 0 spiro atoms. The molecule has 0 aromatic carbocycles. The number of methoxy groups -OCH3 is 1. The summed E-state index contributed by atoms with van der Waals surface area (Å²) in [4.78, 5) is 24.4. The molecule has 1 rings (SSSR count). The lowest BCUT2D eigenvalue weighted by molar-refractivity contribution is -0.139. The van der Waals surface area contributed by atoms with Crippen molar-refractivity contribution in [3.8, 4) is 6.07 Å². The first-order valence-electron chi connectivity index (χ1n) is 3.86. The Morgan fingerprint density at radius 2 is 2.36 bits per heavy atom. The molecule has 0 atom stereocenters. The Balaban J connectivity index is 2.97. The van der Waals surface area contributed by atoms with Crippen LogP contribution in [0.25, 0.3) is 0 Å². The van der Waals surface area contributed by atoms with Crippen LogP contribution in [-0.4, -0.2) is 18.1 Å². The Hall–Kier alpha value is -2.09. The highest BCUT2D eigenvalue weighted by molar-refractivity contribution is 5.72. The number of hydrogen-bond donors (Lipinski definition) is 1. The van der Waals surface area contributed by atoms with E-state index in [-0.39, 0.29) is 17.7 Å². The summed E-state index contributed by atoms with van der Waals surface area (Å²) in [6.07, 6.45) is -0.0858. The summed E-state index contributed by atoms with van der Waals surface area (Å²) in [6.45, 7) is 0. The molecule has 1 aromatic heterocycles. The van der Waals surface area contributed by atoms with Crippen molar-refractivity contribution in [1.29, 1.82) is 5.26 Å². The zero-order chi connectivity index (χ0) is 10.6. The van der Waals surface area contributed by atoms with Crippen molar-refractivity contribution in [2.45, 2.75) is 6.42 Å². The van der Waals surface area contributed by atoms with Gasteiger partial charge in [0.15, 0.2) is 0 Å². The second-order valence-electron chi connectivity index (χ2n) is 2.59. The van der Waals surface area contributed by atoms with Crippen LogP contribution in [0.15, 0.2) is 16.9 Å². The highest BCUT2D eigenvalue weighted by atomic mass is 16.5. The minimum atomic E-state index is -0.486. The predicted molar refractivity (Wildman–Crippen MR) is 47.5 cm³/mol. The molecule has 0 bridgehead atoms. The van der Waals surface area contributed by atoms with Crippen molar-refractivity contribution < 1.29 is 9.53 Å². The first kappa shape index (κ1) is 9.99. The number of carbonyl (C=O) groups excluding carboxylic acids is 1. The van der Waals surface area contributed by atoms with E-state index < -0.39 is 11.5 Å². The van der Waals surface area contributed by atoms with Crippen LogP contribution >= 0.6 is 0 Å². The summed E-state index contributed by atoms with van der Waals surface area (Å²) in [5.74, 6) is -0.486. The average Bonchev–Trinajstić information content (AvgIpc) is 2.20. The number of aromatic nitrogens is 1. The molecule has 72 valence electrons. The Bertz CT molecular complexity index is 442. The lowest BCUT2D eigenvalue weighted by Gasteiger charge is -1.98. The third-order valence-electron chi connectivity index (χ3n) is 1.67. The van der Waals surface area contributed by atoms with Crippen LogP contribution in [0.3, 0.4) is 0 Å². The zero-order valence-electron chi connectivity index (χ0n) is 7.53. The van der Waals surface area contributed by atoms with Crippen LogP contribution in [0.4, 0.5) is 0 Å². The van der Waals surface area contributed by atoms with Crippen LogP contribution in [0.5, 0.6) is 0 Å². The molecule has 5 nitrogen and oxygen atoms in total. The maximum atomic E-state index is 11.2. The number of nitrogens with zero attached hydrogens (tertiary/aromatic N) is 1. The number of pyridine rings is 1. The minimum absolute atomic E-state index is 0.0858. The van der Waals surface area contributed by atoms with Gasteiger partial charge in [-0.05, 0) is 6.07 Å². The number of rotatable bonds is 2. The van der Waals surface area contributed by atoms with Crippen LogP contribution in [0.1, 0.15) is 11.3 Å². The van der Waals surface area contributed by atoms with Crippen LogP contribution in [0.2, 0.25) is 0 Å². The van der Waals surface area contributed by atoms with Gasteiger partial charge in [-0.15, -0.1) is 0 Å². The molecule has 0 radical (unpaired) electrons. The number of carbonyl (C=O) groups is 1. The van der Waals surface area contributed by atoms with E-state index in [0.29, 0.717) is 0 Å². The van der Waals surface area contributed by atoms with Gasteiger partial charge in [-0.2, -0.15) is 5.26 Å². The number of aromatic amines is 1. The van der Waals surface area contributed by atoms with E-state index in [2.05, 4.69) is 9.72 Å². The summed E-state index contributed by atoms with van der Waals surface area (Å²) < 4.78 is 4.41. The average molecular weight is 192 g/mol. The molecule has 1 heterocycles. The zero-order valence-corrected chi connectivity index (χ0v) is 7.53. The highest BCUT2D eigenvalue weighted by Crippen LogP contribution is 1.95. The van der Waals surface area contributed by atoms with Crippen molar-refractivity contribution in [3.63, 3.8) is 0 Å². The molecular weight excluding hydrogens is 184 g/mol. The Labute approximate surface area is 79.9 Å². The normalized spacial score (nSPS) is 9.14. The summed E-state index contributed by atoms with van der Waals surface area (Å²) in [7, 11) is 1.25. The van der Waals surface area contributed by atoms with Crippen molar-refractivity contribution in [3.05, 3.63) is 33.7 Å². The quantitative estimate of drug-likeness (QED) is 0.666. The Morgan fingerprint density at radius 1 is 1.64 bits per heavy atom. The molecule has 14 heavy (non-hydrogen) atoms. The van der Waals surface area contributed by atoms with Crippen molar-refractivity contribution in [2.24, 2.45) is 0 Å². The summed E-state index contributed by atoms with van der Waals surface area (Å²) in [6, 6.07) is 4.67. The fraction of sp³-hybridized carbons (Fsp3) is 0.222. The van der Waals surface area contributed by atoms with Gasteiger partial charge in [0, 0.05) is 5.56 Å². The van der Waals surface area contributed by atoms with Crippen molar-refractivity contribution in [2.75, 3.05) is 7.11 Å². The Kier molecular flexibility index (Phi) is 3.02. The van der Waals surface area contributed by atoms with Gasteiger partial charge in [0.05, 0.1) is 13.5 Å². The maximum Gasteiger partial charge on any atom is 0.310 e. The Morgan fingerprint density at radius 3 is 2.86 bits per heavy atom. The first-order valence-corrected chi connectivity index (χ1v) is 3.86. The van der Waals surface area contributed by atoms with Crippen LogP contribution < -0.4 is 5.56 Å². The number of esters is 1. The van der Waals surface area contributed by atoms with E-state index in [9.17, 15) is 9.59 Å². The standard InChI is InChI=1S/C9H8N2O3/c1-14-8(12)4-6-2-3-7(5-10)11-9(6)13/h2-3H,4H2,1H3,(H,11,13). The summed E-state index contributed by atoms with van der Waals surface area (Å²) in [5, 5.41) is 8.47. The molecule has 0 saturated heterocycles. The number of H-pyrrole nitrogens is 1. The van der Waals surface area contributed by atoms with E-state index in [1.165, 1.54) is 19.2 Å². The molecule has 1 N–H and O–H groups in total. The van der Waals surface area contributed by atoms with E-state index in [0.717, 1.165) is 0 Å². The lowest BCUT2D eigenvalue weighted by Crippen LogP contribution is -2.17. The topological polar surface area (TPSA) is 82.9 Å². The SMILES string of the molecule is COC(=O)Cc1ccc(C#N)[nH]c1=O. The van der Waals surface area contributed by atoms with E-state index in [4.69, 9.17) is 5.26 Å². The lowest BCUT2D eigenvalue weighted by atomic mass is 10.2. The second-order valence-corrected chi connectivity index (χ2v) is 2.59. The van der Waals surface area contributed by atoms with E-state index >= 15 is 0 Å². The fourth-order valence-corrected chi connectivity index (χ4v) is 0.936. The number of nitrogens with one attached hydrogen (secondary N) is 1. The second kappa shape index (κ2) is 4.23. The van der Waals surface area contributed by atoms with Crippen molar-refractivity contribution in [1.82, 2.24) is 4.98 Å². The van der Waals surface area contributed by atoms with Gasteiger partial charge in [0.2, 0.25) is 0 Å². The van der Waals surface area contributed by atoms with Crippen molar-refractivity contribution >= 4 is 5.97 Å². The maximum absolute atomic E-state index is 11.2. The monoisotopic (exact) mass is 192 g/mol. The van der Waals surface area contributed by atoms with Crippen LogP contribution in [-0.2, 0) is 16.0 Å². The smallest absolute Gasteiger partial charge is 0.310 e. The molecule has 1 aromatic rings. The highest BCUT2D eigenvalue weighted by Gasteiger charge is 2.06. The molecule has 0 fully saturated rings. The number of ether oxygens (including phenoxy) is 1. The van der Waals surface area contributed by atoms with Gasteiger partial charge < -0.3 is 9.72 Å². The number of hydrogen-bond acceptors (Lipinski definition) is 4. The third kappa shape index (κ3) is 2.20. The predicted octanol–water partition coefficient (Wildman–Crippen LogP) is -0.0379. The number of nitriles is 1.